The van der Waals surface area contributed by atoms with Crippen molar-refractivity contribution in [3.63, 3.8) is 0 Å². The molecule has 2 rings (SSSR count). The number of hydrogen-bond donors (Lipinski definition) is 0. The van der Waals surface area contributed by atoms with Crippen LogP contribution in [-0.4, -0.2) is 39.7 Å². The first kappa shape index (κ1) is 14.0. The molecule has 0 unspecified atom stereocenters. The van der Waals surface area contributed by atoms with Crippen LogP contribution in [0.15, 0.2) is 18.3 Å². The van der Waals surface area contributed by atoms with Crippen molar-refractivity contribution in [1.29, 1.82) is 0 Å². The third-order valence-electron chi connectivity index (χ3n) is 2.81. The van der Waals surface area contributed by atoms with Crippen molar-refractivity contribution in [3.05, 3.63) is 35.3 Å². The number of carbonyl (C=O) groups excluding carboxylic acids is 1. The van der Waals surface area contributed by atoms with Gasteiger partial charge in [0.2, 0.25) is 5.88 Å². The summed E-state index contributed by atoms with van der Waals surface area (Å²) in [6.45, 7) is 4.25. The highest BCUT2D eigenvalue weighted by Gasteiger charge is 2.18. The van der Waals surface area contributed by atoms with Crippen LogP contribution in [0.3, 0.4) is 0 Å². The fourth-order valence-corrected chi connectivity index (χ4v) is 1.79. The van der Waals surface area contributed by atoms with Crippen LogP contribution < -0.4 is 4.74 Å². The minimum absolute atomic E-state index is 0.231. The smallest absolute Gasteiger partial charge is 0.360 e. The molecule has 0 amide bonds. The van der Waals surface area contributed by atoms with Crippen LogP contribution in [0.4, 0.5) is 0 Å². The topological polar surface area (TPSA) is 79.1 Å². The Morgan fingerprint density at radius 2 is 2.25 bits per heavy atom. The van der Waals surface area contributed by atoms with Crippen LogP contribution >= 0.6 is 0 Å². The van der Waals surface area contributed by atoms with Gasteiger partial charge >= 0.3 is 5.97 Å². The van der Waals surface area contributed by atoms with E-state index in [1.165, 1.54) is 0 Å². The third kappa shape index (κ3) is 2.76. The lowest BCUT2D eigenvalue weighted by Crippen LogP contribution is -2.09. The summed E-state index contributed by atoms with van der Waals surface area (Å²) < 4.78 is 11.7. The van der Waals surface area contributed by atoms with E-state index in [4.69, 9.17) is 9.47 Å². The van der Waals surface area contributed by atoms with Crippen molar-refractivity contribution in [2.24, 2.45) is 0 Å². The molecule has 106 valence electrons. The second-order valence-corrected chi connectivity index (χ2v) is 4.07. The zero-order chi connectivity index (χ0) is 14.5. The van der Waals surface area contributed by atoms with Crippen molar-refractivity contribution >= 4 is 5.97 Å². The SMILES string of the molecule is CCOC(=O)c1nnn(Cc2cccnc2OC)c1C. The van der Waals surface area contributed by atoms with Crippen molar-refractivity contribution in [2.75, 3.05) is 13.7 Å². The van der Waals surface area contributed by atoms with E-state index in [0.717, 1.165) is 5.56 Å². The lowest BCUT2D eigenvalue weighted by molar-refractivity contribution is 0.0518. The van der Waals surface area contributed by atoms with E-state index in [1.807, 2.05) is 12.1 Å². The van der Waals surface area contributed by atoms with Gasteiger partial charge in [0, 0.05) is 11.8 Å². The van der Waals surface area contributed by atoms with Gasteiger partial charge in [-0.3, -0.25) is 0 Å². The van der Waals surface area contributed by atoms with Crippen molar-refractivity contribution in [2.45, 2.75) is 20.4 Å². The summed E-state index contributed by atoms with van der Waals surface area (Å²) in [6.07, 6.45) is 1.65. The van der Waals surface area contributed by atoms with E-state index in [9.17, 15) is 4.79 Å². The molecule has 7 heteroatoms. The Hall–Kier alpha value is -2.44. The van der Waals surface area contributed by atoms with Gasteiger partial charge in [-0.25, -0.2) is 14.5 Å². The minimum Gasteiger partial charge on any atom is -0.481 e. The molecule has 20 heavy (non-hydrogen) atoms. The molecule has 2 heterocycles. The molecule has 0 aliphatic rings. The summed E-state index contributed by atoms with van der Waals surface area (Å²) in [4.78, 5) is 15.8. The molecule has 0 fully saturated rings. The Balaban J connectivity index is 2.24. The van der Waals surface area contributed by atoms with Crippen molar-refractivity contribution in [1.82, 2.24) is 20.0 Å². The Kier molecular flexibility index (Phi) is 4.29. The van der Waals surface area contributed by atoms with E-state index in [0.29, 0.717) is 24.7 Å². The Morgan fingerprint density at radius 3 is 2.95 bits per heavy atom. The lowest BCUT2D eigenvalue weighted by atomic mass is 10.2. The largest absolute Gasteiger partial charge is 0.481 e. The molecular weight excluding hydrogens is 260 g/mol. The maximum absolute atomic E-state index is 11.7. The highest BCUT2D eigenvalue weighted by molar-refractivity contribution is 5.88. The number of hydrogen-bond acceptors (Lipinski definition) is 6. The number of carbonyl (C=O) groups is 1. The predicted molar refractivity (Wildman–Crippen MR) is 70.6 cm³/mol. The monoisotopic (exact) mass is 276 g/mol. The lowest BCUT2D eigenvalue weighted by Gasteiger charge is -2.07. The molecule has 0 N–H and O–H groups in total. The molecule has 0 atom stereocenters. The van der Waals surface area contributed by atoms with Crippen LogP contribution in [0.25, 0.3) is 0 Å². The molecule has 0 aliphatic heterocycles. The molecule has 7 nitrogen and oxygen atoms in total. The van der Waals surface area contributed by atoms with Gasteiger partial charge in [-0.1, -0.05) is 11.3 Å². The van der Waals surface area contributed by atoms with Crippen molar-refractivity contribution < 1.29 is 14.3 Å². The Morgan fingerprint density at radius 1 is 1.45 bits per heavy atom. The zero-order valence-electron chi connectivity index (χ0n) is 11.7. The number of ether oxygens (including phenoxy) is 2. The molecule has 2 aromatic rings. The van der Waals surface area contributed by atoms with Crippen LogP contribution in [-0.2, 0) is 11.3 Å². The first-order chi connectivity index (χ1) is 9.67. The number of methoxy groups -OCH3 is 1. The first-order valence-corrected chi connectivity index (χ1v) is 6.22. The minimum atomic E-state index is -0.464. The summed E-state index contributed by atoms with van der Waals surface area (Å²) in [5, 5.41) is 7.84. The fraction of sp³-hybridized carbons (Fsp3) is 0.385. The quantitative estimate of drug-likeness (QED) is 0.764. The second kappa shape index (κ2) is 6.14. The average molecular weight is 276 g/mol. The number of rotatable bonds is 5. The van der Waals surface area contributed by atoms with E-state index in [-0.39, 0.29) is 5.69 Å². The Labute approximate surface area is 116 Å². The fourth-order valence-electron chi connectivity index (χ4n) is 1.79. The molecule has 0 spiro atoms. The average Bonchev–Trinajstić information content (AvgIpc) is 2.81. The number of esters is 1. The van der Waals surface area contributed by atoms with Crippen molar-refractivity contribution in [3.8, 4) is 5.88 Å². The van der Waals surface area contributed by atoms with Crippen LogP contribution in [0.2, 0.25) is 0 Å². The van der Waals surface area contributed by atoms with E-state index in [1.54, 1.807) is 31.8 Å². The summed E-state index contributed by atoms with van der Waals surface area (Å²) >= 11 is 0. The van der Waals surface area contributed by atoms with Gasteiger partial charge in [-0.05, 0) is 19.9 Å². The van der Waals surface area contributed by atoms with Gasteiger partial charge in [-0.2, -0.15) is 0 Å². The molecular formula is C13H16N4O3. The van der Waals surface area contributed by atoms with Gasteiger partial charge in [-0.15, -0.1) is 5.10 Å². The molecule has 2 aromatic heterocycles. The summed E-state index contributed by atoms with van der Waals surface area (Å²) in [5.74, 6) is 0.0643. The molecule has 0 saturated carbocycles. The highest BCUT2D eigenvalue weighted by atomic mass is 16.5. The van der Waals surface area contributed by atoms with Gasteiger partial charge in [0.05, 0.1) is 26.0 Å². The number of aromatic nitrogens is 4. The second-order valence-electron chi connectivity index (χ2n) is 4.07. The maximum atomic E-state index is 11.7. The zero-order valence-corrected chi connectivity index (χ0v) is 11.7. The summed E-state index contributed by atoms with van der Waals surface area (Å²) in [7, 11) is 1.56. The Bertz CT molecular complexity index is 609. The molecule has 0 saturated heterocycles. The number of pyridine rings is 1. The molecule has 0 radical (unpaired) electrons. The normalized spacial score (nSPS) is 10.3. The third-order valence-corrected chi connectivity index (χ3v) is 2.81. The van der Waals surface area contributed by atoms with Gasteiger partial charge < -0.3 is 9.47 Å². The van der Waals surface area contributed by atoms with E-state index >= 15 is 0 Å². The number of nitrogens with zero attached hydrogens (tertiary/aromatic N) is 4. The van der Waals surface area contributed by atoms with Gasteiger partial charge in [0.15, 0.2) is 5.69 Å². The van der Waals surface area contributed by atoms with E-state index < -0.39 is 5.97 Å². The summed E-state index contributed by atoms with van der Waals surface area (Å²) in [5.41, 5.74) is 1.74. The molecule has 0 aliphatic carbocycles. The van der Waals surface area contributed by atoms with Gasteiger partial charge in [0.25, 0.3) is 0 Å². The molecule has 0 aromatic carbocycles. The maximum Gasteiger partial charge on any atom is 0.360 e. The standard InChI is InChI=1S/C13H16N4O3/c1-4-20-13(18)11-9(2)17(16-15-11)8-10-6-5-7-14-12(10)19-3/h5-7H,4,8H2,1-3H3. The summed E-state index contributed by atoms with van der Waals surface area (Å²) in [6, 6.07) is 3.70. The van der Waals surface area contributed by atoms with E-state index in [2.05, 4.69) is 15.3 Å². The first-order valence-electron chi connectivity index (χ1n) is 6.22. The van der Waals surface area contributed by atoms with Crippen LogP contribution in [0.1, 0.15) is 28.7 Å². The highest BCUT2D eigenvalue weighted by Crippen LogP contribution is 2.16. The van der Waals surface area contributed by atoms with Crippen LogP contribution in [0.5, 0.6) is 5.88 Å². The van der Waals surface area contributed by atoms with Gasteiger partial charge in [0.1, 0.15) is 0 Å². The van der Waals surface area contributed by atoms with Crippen LogP contribution in [0, 0.1) is 6.92 Å². The molecule has 0 bridgehead atoms. The predicted octanol–water partition coefficient (Wildman–Crippen LogP) is 1.22.